The lowest BCUT2D eigenvalue weighted by Gasteiger charge is -2.37. The van der Waals surface area contributed by atoms with Crippen LogP contribution >= 0.6 is 11.3 Å². The Bertz CT molecular complexity index is 713. The number of nitrogens with zero attached hydrogens (tertiary/aromatic N) is 2. The van der Waals surface area contributed by atoms with Gasteiger partial charge in [-0.25, -0.2) is 12.7 Å². The molecule has 0 radical (unpaired) electrons. The molecule has 1 aromatic heterocycles. The normalized spacial score (nSPS) is 16.9. The Morgan fingerprint density at radius 1 is 1.31 bits per heavy atom. The van der Waals surface area contributed by atoms with Crippen LogP contribution < -0.4 is 10.6 Å². The van der Waals surface area contributed by atoms with E-state index < -0.39 is 21.8 Å². The molecule has 26 heavy (non-hydrogen) atoms. The molecule has 2 N–H and O–H groups in total. The van der Waals surface area contributed by atoms with E-state index in [1.807, 2.05) is 35.8 Å². The smallest absolute Gasteiger partial charge is 0.309 e. The molecule has 0 bridgehead atoms. The van der Waals surface area contributed by atoms with Gasteiger partial charge in [0.05, 0.1) is 11.8 Å². The molecular formula is C16H26N4O4S2. The maximum Gasteiger partial charge on any atom is 0.309 e. The van der Waals surface area contributed by atoms with E-state index in [-0.39, 0.29) is 17.7 Å². The molecule has 8 nitrogen and oxygen atoms in total. The van der Waals surface area contributed by atoms with Crippen LogP contribution in [0.4, 0.5) is 0 Å². The lowest BCUT2D eigenvalue weighted by molar-refractivity contribution is -0.139. The van der Waals surface area contributed by atoms with Gasteiger partial charge in [-0.3, -0.25) is 9.59 Å². The van der Waals surface area contributed by atoms with Gasteiger partial charge in [0.25, 0.3) is 0 Å². The Balaban J connectivity index is 1.72. The van der Waals surface area contributed by atoms with Crippen LogP contribution in [0.5, 0.6) is 0 Å². The van der Waals surface area contributed by atoms with E-state index in [1.165, 1.54) is 4.31 Å². The summed E-state index contributed by atoms with van der Waals surface area (Å²) in [6.45, 7) is 3.01. The van der Waals surface area contributed by atoms with Crippen molar-refractivity contribution in [3.63, 3.8) is 0 Å². The van der Waals surface area contributed by atoms with Crippen molar-refractivity contribution in [2.24, 2.45) is 5.92 Å². The predicted molar refractivity (Wildman–Crippen MR) is 101 cm³/mol. The highest BCUT2D eigenvalue weighted by molar-refractivity contribution is 7.89. The van der Waals surface area contributed by atoms with Gasteiger partial charge in [-0.15, -0.1) is 0 Å². The maximum absolute atomic E-state index is 12.0. The second-order valence-electron chi connectivity index (χ2n) is 6.54. The Hall–Kier alpha value is -1.49. The summed E-state index contributed by atoms with van der Waals surface area (Å²) >= 11 is 1.58. The van der Waals surface area contributed by atoms with Crippen molar-refractivity contribution in [2.45, 2.75) is 13.0 Å². The minimum Gasteiger partial charge on any atom is -0.347 e. The summed E-state index contributed by atoms with van der Waals surface area (Å²) in [7, 11) is 0.676. The summed E-state index contributed by atoms with van der Waals surface area (Å²) in [6.07, 6.45) is 0. The zero-order valence-electron chi connectivity index (χ0n) is 15.3. The number of carbonyl (C=O) groups excluding carboxylic acids is 2. The zero-order chi connectivity index (χ0) is 19.3. The van der Waals surface area contributed by atoms with Crippen molar-refractivity contribution in [1.29, 1.82) is 0 Å². The number of hydrogen-bond donors (Lipinski definition) is 2. The van der Waals surface area contributed by atoms with Gasteiger partial charge in [-0.05, 0) is 43.4 Å². The molecule has 1 atom stereocenters. The molecule has 1 aliphatic heterocycles. The minimum absolute atomic E-state index is 0.00237. The molecule has 146 valence electrons. The second kappa shape index (κ2) is 8.94. The molecule has 1 unspecified atom stereocenters. The van der Waals surface area contributed by atoms with E-state index in [4.69, 9.17) is 0 Å². The van der Waals surface area contributed by atoms with Crippen LogP contribution in [0.1, 0.15) is 18.5 Å². The highest BCUT2D eigenvalue weighted by Crippen LogP contribution is 2.20. The van der Waals surface area contributed by atoms with Gasteiger partial charge >= 0.3 is 11.8 Å². The summed E-state index contributed by atoms with van der Waals surface area (Å²) < 4.78 is 24.7. The molecule has 1 aliphatic rings. The van der Waals surface area contributed by atoms with Crippen molar-refractivity contribution in [3.8, 4) is 0 Å². The van der Waals surface area contributed by atoms with E-state index >= 15 is 0 Å². The van der Waals surface area contributed by atoms with Crippen molar-refractivity contribution in [3.05, 3.63) is 22.4 Å². The third-order valence-electron chi connectivity index (χ3n) is 4.45. The predicted octanol–water partition coefficient (Wildman–Crippen LogP) is -0.135. The van der Waals surface area contributed by atoms with Crippen LogP contribution in [0.2, 0.25) is 0 Å². The number of likely N-dealkylation sites (N-methyl/N-ethyl adjacent to an activating group) is 1. The van der Waals surface area contributed by atoms with Gasteiger partial charge in [-0.2, -0.15) is 11.3 Å². The first-order valence-corrected chi connectivity index (χ1v) is 11.0. The van der Waals surface area contributed by atoms with Gasteiger partial charge < -0.3 is 15.5 Å². The number of sulfonamides is 1. The average Bonchev–Trinajstić information content (AvgIpc) is 3.06. The van der Waals surface area contributed by atoms with Crippen LogP contribution in [-0.4, -0.2) is 75.5 Å². The molecule has 2 amide bonds. The summed E-state index contributed by atoms with van der Waals surface area (Å²) in [5, 5.41) is 9.23. The summed E-state index contributed by atoms with van der Waals surface area (Å²) in [5.74, 6) is -1.24. The Labute approximate surface area is 158 Å². The van der Waals surface area contributed by atoms with Gasteiger partial charge in [0.1, 0.15) is 0 Å². The first kappa shape index (κ1) is 20.8. The third-order valence-corrected chi connectivity index (χ3v) is 6.96. The van der Waals surface area contributed by atoms with Gasteiger partial charge in [0.2, 0.25) is 10.0 Å². The summed E-state index contributed by atoms with van der Waals surface area (Å²) in [6, 6.07) is 1.99. The number of nitrogens with one attached hydrogen (secondary N) is 2. The fourth-order valence-corrected chi connectivity index (χ4v) is 4.66. The fourth-order valence-electron chi connectivity index (χ4n) is 2.71. The molecule has 1 fully saturated rings. The first-order chi connectivity index (χ1) is 12.2. The van der Waals surface area contributed by atoms with E-state index in [2.05, 4.69) is 10.6 Å². The Morgan fingerprint density at radius 2 is 1.96 bits per heavy atom. The van der Waals surface area contributed by atoms with Crippen LogP contribution in [-0.2, 0) is 19.6 Å². The molecule has 1 aromatic rings. The largest absolute Gasteiger partial charge is 0.347 e. The standard InChI is InChI=1S/C16H26N4O4S2/c1-4-26(23,24)20-9-12(10-20)7-17-15(21)16(22)18-8-14(19(2)3)13-5-6-25-11-13/h5-6,11-12,14H,4,7-10H2,1-3H3,(H,17,21)(H,18,22). The molecule has 10 heteroatoms. The van der Waals surface area contributed by atoms with E-state index in [1.54, 1.807) is 18.3 Å². The average molecular weight is 403 g/mol. The molecule has 0 aromatic carbocycles. The van der Waals surface area contributed by atoms with Gasteiger partial charge in [0, 0.05) is 32.1 Å². The van der Waals surface area contributed by atoms with Crippen LogP contribution in [0.3, 0.4) is 0 Å². The van der Waals surface area contributed by atoms with E-state index in [9.17, 15) is 18.0 Å². The van der Waals surface area contributed by atoms with E-state index in [0.717, 1.165) is 5.56 Å². The lowest BCUT2D eigenvalue weighted by Crippen LogP contribution is -2.55. The number of amides is 2. The Morgan fingerprint density at radius 3 is 2.50 bits per heavy atom. The first-order valence-electron chi connectivity index (χ1n) is 8.47. The number of hydrogen-bond acceptors (Lipinski definition) is 6. The molecule has 2 heterocycles. The molecule has 0 aliphatic carbocycles. The maximum atomic E-state index is 12.0. The SMILES string of the molecule is CCS(=O)(=O)N1CC(CNC(=O)C(=O)NCC(c2ccsc2)N(C)C)C1. The molecule has 2 rings (SSSR count). The quantitative estimate of drug-likeness (QED) is 0.590. The van der Waals surface area contributed by atoms with Gasteiger partial charge in [0.15, 0.2) is 0 Å². The number of thiophene rings is 1. The van der Waals surface area contributed by atoms with Crippen LogP contribution in [0, 0.1) is 5.92 Å². The monoisotopic (exact) mass is 402 g/mol. The third kappa shape index (κ3) is 5.26. The number of carbonyl (C=O) groups is 2. The van der Waals surface area contributed by atoms with Crippen molar-refractivity contribution < 1.29 is 18.0 Å². The topological polar surface area (TPSA) is 98.8 Å². The highest BCUT2D eigenvalue weighted by atomic mass is 32.2. The molecule has 0 saturated carbocycles. The number of rotatable bonds is 8. The van der Waals surface area contributed by atoms with Crippen molar-refractivity contribution in [2.75, 3.05) is 46.0 Å². The van der Waals surface area contributed by atoms with Crippen molar-refractivity contribution in [1.82, 2.24) is 19.8 Å². The second-order valence-corrected chi connectivity index (χ2v) is 9.58. The fraction of sp³-hybridized carbons (Fsp3) is 0.625. The zero-order valence-corrected chi connectivity index (χ0v) is 16.9. The Kier molecular flexibility index (Phi) is 7.16. The van der Waals surface area contributed by atoms with Crippen LogP contribution in [0.25, 0.3) is 0 Å². The summed E-state index contributed by atoms with van der Waals surface area (Å²) in [5.41, 5.74) is 1.09. The molecular weight excluding hydrogens is 376 g/mol. The molecule has 0 spiro atoms. The van der Waals surface area contributed by atoms with E-state index in [0.29, 0.717) is 26.2 Å². The van der Waals surface area contributed by atoms with Gasteiger partial charge in [-0.1, -0.05) is 0 Å². The minimum atomic E-state index is -3.16. The molecule has 1 saturated heterocycles. The highest BCUT2D eigenvalue weighted by Gasteiger charge is 2.34. The van der Waals surface area contributed by atoms with Crippen molar-refractivity contribution >= 4 is 33.2 Å². The van der Waals surface area contributed by atoms with Crippen LogP contribution in [0.15, 0.2) is 16.8 Å². The summed E-state index contributed by atoms with van der Waals surface area (Å²) in [4.78, 5) is 25.9. The lowest BCUT2D eigenvalue weighted by atomic mass is 10.0.